The van der Waals surface area contributed by atoms with Crippen molar-refractivity contribution in [3.05, 3.63) is 59.1 Å². The first-order valence-corrected chi connectivity index (χ1v) is 11.9. The second-order valence-corrected chi connectivity index (χ2v) is 9.69. The maximum Gasteiger partial charge on any atom is 0.276 e. The van der Waals surface area contributed by atoms with Crippen LogP contribution in [-0.4, -0.2) is 65.4 Å². The van der Waals surface area contributed by atoms with Crippen LogP contribution >= 0.6 is 11.6 Å². The molecule has 2 unspecified atom stereocenters. The number of ether oxygens (including phenoxy) is 2. The predicted octanol–water partition coefficient (Wildman–Crippen LogP) is 3.25. The summed E-state index contributed by atoms with van der Waals surface area (Å²) in [6.45, 7) is 2.99. The standard InChI is InChI=1S/C24H21ClF2N7O2/c25-17-7-29-24(30-8-17)33-9-15-11-35-12-16(10-33)21(15)36-23-20(27)22(31-13-32-23)34(3-4-34)19-2-1-14(6-28)5-18(19)26/h1-2,5,7-8,13,15-16,21H,3-4,9-12H2/q+1. The molecular weight excluding hydrogens is 492 g/mol. The Balaban J connectivity index is 1.26. The molecule has 12 heteroatoms. The van der Waals surface area contributed by atoms with Crippen molar-refractivity contribution in [3.8, 4) is 11.9 Å². The van der Waals surface area contributed by atoms with Crippen LogP contribution in [0.2, 0.25) is 5.02 Å². The van der Waals surface area contributed by atoms with Gasteiger partial charge in [0.2, 0.25) is 5.95 Å². The first kappa shape index (κ1) is 23.0. The Kier molecular flexibility index (Phi) is 5.67. The zero-order chi connectivity index (χ0) is 24.9. The Morgan fingerprint density at radius 3 is 2.44 bits per heavy atom. The third-order valence-corrected chi connectivity index (χ3v) is 7.19. The summed E-state index contributed by atoms with van der Waals surface area (Å²) in [4.78, 5) is 18.9. The van der Waals surface area contributed by atoms with E-state index in [2.05, 4.69) is 24.8 Å². The van der Waals surface area contributed by atoms with E-state index in [0.29, 0.717) is 50.4 Å². The van der Waals surface area contributed by atoms with Gasteiger partial charge < -0.3 is 14.4 Å². The van der Waals surface area contributed by atoms with E-state index in [9.17, 15) is 4.39 Å². The summed E-state index contributed by atoms with van der Waals surface area (Å²) in [6.07, 6.45) is 4.03. The molecule has 0 radical (unpaired) electrons. The maximum atomic E-state index is 15.8. The van der Waals surface area contributed by atoms with Crippen molar-refractivity contribution in [1.82, 2.24) is 24.4 Å². The molecule has 9 nitrogen and oxygen atoms in total. The van der Waals surface area contributed by atoms with Crippen molar-refractivity contribution in [2.24, 2.45) is 11.8 Å². The highest BCUT2D eigenvalue weighted by molar-refractivity contribution is 6.30. The van der Waals surface area contributed by atoms with Gasteiger partial charge in [0.15, 0.2) is 11.5 Å². The number of piperidine rings is 1. The van der Waals surface area contributed by atoms with E-state index in [1.165, 1.54) is 18.5 Å². The number of hydrogen-bond donors (Lipinski definition) is 0. The molecule has 36 heavy (non-hydrogen) atoms. The molecule has 2 bridgehead atoms. The van der Waals surface area contributed by atoms with Gasteiger partial charge in [-0.3, -0.25) is 0 Å². The fourth-order valence-corrected chi connectivity index (χ4v) is 5.27. The molecule has 0 spiro atoms. The number of benzene rings is 1. The van der Waals surface area contributed by atoms with Gasteiger partial charge in [0.05, 0.1) is 42.3 Å². The molecule has 3 aliphatic heterocycles. The number of fused-ring (bicyclic) bond motifs is 2. The van der Waals surface area contributed by atoms with Gasteiger partial charge in [-0.2, -0.15) is 19.6 Å². The van der Waals surface area contributed by atoms with Crippen molar-refractivity contribution >= 4 is 29.1 Å². The smallest absolute Gasteiger partial charge is 0.276 e. The molecule has 3 aromatic rings. The molecule has 6 rings (SSSR count). The zero-order valence-electron chi connectivity index (χ0n) is 19.0. The molecule has 0 saturated carbocycles. The Morgan fingerprint density at radius 1 is 1.08 bits per heavy atom. The van der Waals surface area contributed by atoms with Crippen molar-refractivity contribution in [3.63, 3.8) is 0 Å². The van der Waals surface area contributed by atoms with E-state index in [0.717, 1.165) is 6.07 Å². The second kappa shape index (κ2) is 8.89. The summed E-state index contributed by atoms with van der Waals surface area (Å²) in [5.41, 5.74) is 0.464. The van der Waals surface area contributed by atoms with Crippen LogP contribution in [-0.2, 0) is 4.74 Å². The van der Waals surface area contributed by atoms with Gasteiger partial charge in [-0.25, -0.2) is 18.8 Å². The van der Waals surface area contributed by atoms with Crippen molar-refractivity contribution in [2.75, 3.05) is 44.3 Å². The monoisotopic (exact) mass is 512 g/mol. The summed E-state index contributed by atoms with van der Waals surface area (Å²) in [6, 6.07) is 6.10. The van der Waals surface area contributed by atoms with E-state index < -0.39 is 11.6 Å². The molecule has 3 fully saturated rings. The molecular formula is C24H21ClF2N7O2+. The lowest BCUT2D eigenvalue weighted by Crippen LogP contribution is -2.58. The van der Waals surface area contributed by atoms with Crippen LogP contribution in [0, 0.1) is 34.8 Å². The molecule has 2 aromatic heterocycles. The van der Waals surface area contributed by atoms with Crippen LogP contribution in [0.3, 0.4) is 0 Å². The number of nitriles is 1. The quantitative estimate of drug-likeness (QED) is 0.379. The first-order chi connectivity index (χ1) is 17.5. The Labute approximate surface area is 210 Å². The van der Waals surface area contributed by atoms with E-state index in [4.69, 9.17) is 26.3 Å². The average molecular weight is 513 g/mol. The third kappa shape index (κ3) is 3.91. The molecule has 1 aromatic carbocycles. The van der Waals surface area contributed by atoms with Gasteiger partial charge >= 0.3 is 0 Å². The predicted molar refractivity (Wildman–Crippen MR) is 126 cm³/mol. The van der Waals surface area contributed by atoms with Gasteiger partial charge in [-0.15, -0.1) is 0 Å². The average Bonchev–Trinajstić information content (AvgIpc) is 3.67. The number of anilines is 1. The molecule has 3 aliphatic rings. The SMILES string of the molecule is N#Cc1ccc([N+]2(c3ncnc(OC4C5COCC4CN(c4ncc(Cl)cn4)C5)c3F)CC2)c(F)c1. The second-order valence-electron chi connectivity index (χ2n) is 9.26. The highest BCUT2D eigenvalue weighted by Crippen LogP contribution is 2.45. The third-order valence-electron chi connectivity index (χ3n) is 6.99. The van der Waals surface area contributed by atoms with Gasteiger partial charge in [0.25, 0.3) is 17.5 Å². The van der Waals surface area contributed by atoms with Crippen molar-refractivity contribution < 1.29 is 18.3 Å². The lowest BCUT2D eigenvalue weighted by molar-refractivity contribution is -0.0781. The zero-order valence-corrected chi connectivity index (χ0v) is 19.8. The maximum absolute atomic E-state index is 15.8. The van der Waals surface area contributed by atoms with E-state index in [1.54, 1.807) is 12.4 Å². The van der Waals surface area contributed by atoms with E-state index in [1.807, 2.05) is 6.07 Å². The number of rotatable bonds is 5. The van der Waals surface area contributed by atoms with E-state index >= 15 is 4.39 Å². The van der Waals surface area contributed by atoms with Crippen LogP contribution in [0.15, 0.2) is 36.9 Å². The highest BCUT2D eigenvalue weighted by atomic mass is 35.5. The number of nitrogens with zero attached hydrogens (tertiary/aromatic N) is 7. The van der Waals surface area contributed by atoms with Crippen molar-refractivity contribution in [2.45, 2.75) is 6.10 Å². The molecule has 0 amide bonds. The van der Waals surface area contributed by atoms with Gasteiger partial charge in [-0.05, 0) is 12.1 Å². The number of hydrogen-bond acceptors (Lipinski definition) is 8. The normalized spacial score (nSPS) is 24.2. The van der Waals surface area contributed by atoms with Gasteiger partial charge in [0.1, 0.15) is 25.5 Å². The minimum Gasteiger partial charge on any atom is -0.471 e. The molecule has 5 heterocycles. The summed E-state index contributed by atoms with van der Waals surface area (Å²) in [5, 5.41) is 9.50. The molecule has 184 valence electrons. The number of quaternary nitrogens is 1. The fraction of sp³-hybridized carbons (Fsp3) is 0.375. The summed E-state index contributed by atoms with van der Waals surface area (Å²) in [5.74, 6) is -0.933. The minimum atomic E-state index is -0.707. The lowest BCUT2D eigenvalue weighted by Gasteiger charge is -2.46. The fourth-order valence-electron chi connectivity index (χ4n) is 5.17. The molecule has 3 saturated heterocycles. The van der Waals surface area contributed by atoms with Gasteiger partial charge in [-0.1, -0.05) is 11.6 Å². The Hall–Kier alpha value is -3.46. The summed E-state index contributed by atoms with van der Waals surface area (Å²) < 4.78 is 42.4. The Morgan fingerprint density at radius 2 is 1.81 bits per heavy atom. The summed E-state index contributed by atoms with van der Waals surface area (Å²) in [7, 11) is 0. The van der Waals surface area contributed by atoms with Gasteiger partial charge in [0, 0.05) is 31.0 Å². The minimum absolute atomic E-state index is 0.0528. The van der Waals surface area contributed by atoms with Crippen LogP contribution < -0.4 is 14.1 Å². The number of halogens is 3. The van der Waals surface area contributed by atoms with E-state index in [-0.39, 0.29) is 45.4 Å². The molecule has 2 atom stereocenters. The van der Waals surface area contributed by atoms with Crippen LogP contribution in [0.5, 0.6) is 5.88 Å². The number of aromatic nitrogens is 4. The molecule has 0 N–H and O–H groups in total. The van der Waals surface area contributed by atoms with Crippen molar-refractivity contribution in [1.29, 1.82) is 5.26 Å². The lowest BCUT2D eigenvalue weighted by atomic mass is 9.84. The topological polar surface area (TPSA) is 97.0 Å². The molecule has 0 aliphatic carbocycles. The Bertz CT molecular complexity index is 1340. The van der Waals surface area contributed by atoms with Crippen LogP contribution in [0.1, 0.15) is 5.56 Å². The first-order valence-electron chi connectivity index (χ1n) is 11.5. The van der Waals surface area contributed by atoms with Crippen LogP contribution in [0.4, 0.5) is 26.2 Å². The highest BCUT2D eigenvalue weighted by Gasteiger charge is 2.53. The largest absolute Gasteiger partial charge is 0.471 e. The van der Waals surface area contributed by atoms with Crippen LogP contribution in [0.25, 0.3) is 0 Å². The summed E-state index contributed by atoms with van der Waals surface area (Å²) >= 11 is 5.92.